The van der Waals surface area contributed by atoms with E-state index in [1.807, 2.05) is 0 Å². The summed E-state index contributed by atoms with van der Waals surface area (Å²) < 4.78 is 10.2. The summed E-state index contributed by atoms with van der Waals surface area (Å²) in [5.41, 5.74) is -4.88. The van der Waals surface area contributed by atoms with Crippen molar-refractivity contribution in [3.8, 4) is 11.5 Å². The van der Waals surface area contributed by atoms with Crippen LogP contribution < -0.4 is 9.47 Å². The molecular formula is C21H16O15. The van der Waals surface area contributed by atoms with Crippen molar-refractivity contribution in [2.75, 3.05) is 13.2 Å². The number of rotatable bonds is 12. The fourth-order valence-corrected chi connectivity index (χ4v) is 2.90. The van der Waals surface area contributed by atoms with Gasteiger partial charge in [-0.3, -0.25) is 0 Å². The normalized spacial score (nSPS) is 10.5. The molecule has 0 atom stereocenters. The molecule has 0 saturated carbocycles. The van der Waals surface area contributed by atoms with E-state index in [9.17, 15) is 54.3 Å². The summed E-state index contributed by atoms with van der Waals surface area (Å²) in [6.45, 7) is -1.65. The first-order valence-electron chi connectivity index (χ1n) is 9.44. The molecule has 0 saturated heterocycles. The zero-order chi connectivity index (χ0) is 27.3. The van der Waals surface area contributed by atoms with E-state index in [1.54, 1.807) is 0 Å². The van der Waals surface area contributed by atoms with Crippen LogP contribution in [0.5, 0.6) is 11.5 Å². The van der Waals surface area contributed by atoms with Gasteiger partial charge in [0.2, 0.25) is 0 Å². The predicted octanol–water partition coefficient (Wildman–Crippen LogP) is 0.695. The van der Waals surface area contributed by atoms with Crippen molar-refractivity contribution in [2.24, 2.45) is 0 Å². The van der Waals surface area contributed by atoms with Crippen molar-refractivity contribution in [1.29, 1.82) is 0 Å². The van der Waals surface area contributed by atoms with Gasteiger partial charge in [-0.05, 0) is 24.3 Å². The summed E-state index contributed by atoms with van der Waals surface area (Å²) in [5.74, 6) is -11.7. The highest BCUT2D eigenvalue weighted by Gasteiger charge is 2.27. The van der Waals surface area contributed by atoms with Gasteiger partial charge in [0.15, 0.2) is 0 Å². The number of carboxylic acid groups (broad SMARTS) is 6. The Morgan fingerprint density at radius 2 is 0.889 bits per heavy atom. The first-order valence-corrected chi connectivity index (χ1v) is 9.44. The van der Waals surface area contributed by atoms with Gasteiger partial charge in [-0.1, -0.05) is 0 Å². The van der Waals surface area contributed by atoms with E-state index in [0.29, 0.717) is 24.3 Å². The molecular weight excluding hydrogens is 492 g/mol. The van der Waals surface area contributed by atoms with Crippen molar-refractivity contribution in [3.05, 3.63) is 57.6 Å². The minimum atomic E-state index is -1.78. The van der Waals surface area contributed by atoms with E-state index in [2.05, 4.69) is 0 Å². The maximum atomic E-state index is 11.5. The Balaban J connectivity index is 2.33. The van der Waals surface area contributed by atoms with E-state index in [4.69, 9.17) is 19.7 Å². The summed E-state index contributed by atoms with van der Waals surface area (Å²) in [6.07, 6.45) is -1.70. The molecule has 0 fully saturated rings. The number of carbonyl (C=O) groups is 6. The molecule has 15 nitrogen and oxygen atoms in total. The van der Waals surface area contributed by atoms with Gasteiger partial charge in [0, 0.05) is 0 Å². The Morgan fingerprint density at radius 1 is 0.556 bits per heavy atom. The van der Waals surface area contributed by atoms with Crippen LogP contribution in [-0.2, 0) is 0 Å². The molecule has 0 bridgehead atoms. The molecule has 0 amide bonds. The average Bonchev–Trinajstić information content (AvgIpc) is 2.79. The molecule has 0 unspecified atom stereocenters. The molecule has 2 aromatic carbocycles. The zero-order valence-corrected chi connectivity index (χ0v) is 17.7. The largest absolute Gasteiger partial charge is 0.490 e. The maximum Gasteiger partial charge on any atom is 0.340 e. The summed E-state index contributed by atoms with van der Waals surface area (Å²) in [4.78, 5) is 68.3. The maximum absolute atomic E-state index is 11.5. The molecule has 0 aliphatic heterocycles. The van der Waals surface area contributed by atoms with Crippen molar-refractivity contribution >= 4 is 35.8 Å². The average molecular weight is 508 g/mol. The number of aromatic carboxylic acids is 6. The zero-order valence-electron chi connectivity index (χ0n) is 17.7. The van der Waals surface area contributed by atoms with Gasteiger partial charge in [0.25, 0.3) is 0 Å². The van der Waals surface area contributed by atoms with E-state index in [-0.39, 0.29) is 0 Å². The third-order valence-corrected chi connectivity index (χ3v) is 4.45. The van der Waals surface area contributed by atoms with Crippen LogP contribution in [0, 0.1) is 0 Å². The van der Waals surface area contributed by atoms with Crippen LogP contribution in [0.15, 0.2) is 24.3 Å². The second-order valence-electron chi connectivity index (χ2n) is 6.90. The quantitative estimate of drug-likeness (QED) is 0.208. The van der Waals surface area contributed by atoms with Crippen molar-refractivity contribution < 1.29 is 74.0 Å². The second kappa shape index (κ2) is 10.8. The number of ether oxygens (including phenoxy) is 2. The standard InChI is InChI=1S/C21H16O15/c22-9(5-35-12-3-7(16(23)24)1-10(18(27)28)14(12)20(31)32)6-36-13-4-8(17(25)26)2-11(19(29)30)15(13)21(33)34/h1-4,9,22H,5-6H2,(H,23,24)(H,25,26)(H,27,28)(H,29,30)(H,31,32)(H,33,34). The van der Waals surface area contributed by atoms with Gasteiger partial charge in [-0.15, -0.1) is 0 Å². The minimum Gasteiger partial charge on any atom is -0.490 e. The summed E-state index contributed by atoms with van der Waals surface area (Å²) >= 11 is 0. The van der Waals surface area contributed by atoms with Crippen LogP contribution in [0.4, 0.5) is 0 Å². The molecule has 0 heterocycles. The van der Waals surface area contributed by atoms with E-state index in [0.717, 1.165) is 0 Å². The fourth-order valence-electron chi connectivity index (χ4n) is 2.90. The Hall–Kier alpha value is -5.18. The van der Waals surface area contributed by atoms with Crippen LogP contribution >= 0.6 is 0 Å². The fraction of sp³-hybridized carbons (Fsp3) is 0.143. The molecule has 190 valence electrons. The van der Waals surface area contributed by atoms with Gasteiger partial charge in [0.1, 0.15) is 41.9 Å². The molecule has 0 aliphatic carbocycles. The molecule has 0 spiro atoms. The van der Waals surface area contributed by atoms with Crippen LogP contribution in [0.25, 0.3) is 0 Å². The Kier molecular flexibility index (Phi) is 8.14. The third kappa shape index (κ3) is 6.03. The molecule has 15 heteroatoms. The summed E-state index contributed by atoms with van der Waals surface area (Å²) in [6, 6.07) is 2.63. The van der Waals surface area contributed by atoms with Gasteiger partial charge in [-0.2, -0.15) is 0 Å². The highest BCUT2D eigenvalue weighted by Crippen LogP contribution is 2.28. The van der Waals surface area contributed by atoms with Crippen LogP contribution in [0.2, 0.25) is 0 Å². The summed E-state index contributed by atoms with van der Waals surface area (Å²) in [5, 5.41) is 65.5. The van der Waals surface area contributed by atoms with Gasteiger partial charge in [-0.25, -0.2) is 28.8 Å². The van der Waals surface area contributed by atoms with Gasteiger partial charge < -0.3 is 45.2 Å². The van der Waals surface area contributed by atoms with Crippen molar-refractivity contribution in [3.63, 3.8) is 0 Å². The number of hydrogen-bond acceptors (Lipinski definition) is 9. The minimum absolute atomic E-state index is 0.601. The highest BCUT2D eigenvalue weighted by molar-refractivity contribution is 6.06. The smallest absolute Gasteiger partial charge is 0.340 e. The topological polar surface area (TPSA) is 262 Å². The number of hydrogen-bond donors (Lipinski definition) is 7. The summed E-state index contributed by atoms with van der Waals surface area (Å²) in [7, 11) is 0. The Morgan fingerprint density at radius 3 is 1.14 bits per heavy atom. The molecule has 36 heavy (non-hydrogen) atoms. The van der Waals surface area contributed by atoms with Crippen molar-refractivity contribution in [2.45, 2.75) is 6.10 Å². The lowest BCUT2D eigenvalue weighted by molar-refractivity contribution is 0.0556. The Bertz CT molecular complexity index is 1180. The number of carboxylic acids is 6. The van der Waals surface area contributed by atoms with Crippen LogP contribution in [0.1, 0.15) is 62.1 Å². The number of aliphatic hydroxyl groups excluding tert-OH is 1. The van der Waals surface area contributed by atoms with Gasteiger partial charge >= 0.3 is 35.8 Å². The molecule has 7 N–H and O–H groups in total. The third-order valence-electron chi connectivity index (χ3n) is 4.45. The lowest BCUT2D eigenvalue weighted by Gasteiger charge is -2.17. The van der Waals surface area contributed by atoms with E-state index >= 15 is 0 Å². The number of benzene rings is 2. The monoisotopic (exact) mass is 508 g/mol. The molecule has 2 rings (SSSR count). The van der Waals surface area contributed by atoms with Gasteiger partial charge in [0.05, 0.1) is 22.3 Å². The van der Waals surface area contributed by atoms with Crippen molar-refractivity contribution in [1.82, 2.24) is 0 Å². The number of aliphatic hydroxyl groups is 1. The first-order chi connectivity index (χ1) is 16.7. The van der Waals surface area contributed by atoms with E-state index in [1.165, 1.54) is 0 Å². The SMILES string of the molecule is O=C(O)c1cc(OCC(O)COc2cc(C(=O)O)cc(C(=O)O)c2C(=O)O)c(C(=O)O)c(C(=O)O)c1. The van der Waals surface area contributed by atoms with Crippen LogP contribution in [0.3, 0.4) is 0 Å². The van der Waals surface area contributed by atoms with E-state index < -0.39 is 100 Å². The molecule has 0 aromatic heterocycles. The predicted molar refractivity (Wildman–Crippen MR) is 112 cm³/mol. The Labute approximate surface area is 199 Å². The first kappa shape index (κ1) is 27.1. The van der Waals surface area contributed by atoms with Crippen LogP contribution in [-0.4, -0.2) is 90.9 Å². The lowest BCUT2D eigenvalue weighted by Crippen LogP contribution is -2.27. The second-order valence-corrected chi connectivity index (χ2v) is 6.90. The lowest BCUT2D eigenvalue weighted by atomic mass is 10.0. The highest BCUT2D eigenvalue weighted by atomic mass is 16.5. The molecule has 2 aromatic rings. The molecule has 0 aliphatic rings. The molecule has 0 radical (unpaired) electrons.